The largest absolute Gasteiger partial charge is 0.487 e. The first-order chi connectivity index (χ1) is 23.7. The van der Waals surface area contributed by atoms with E-state index >= 15 is 0 Å². The molecule has 5 N–H and O–H groups in total. The van der Waals surface area contributed by atoms with Crippen molar-refractivity contribution >= 4 is 33.9 Å². The quantitative estimate of drug-likeness (QED) is 0.120. The highest BCUT2D eigenvalue weighted by molar-refractivity contribution is 7.90. The predicted molar refractivity (Wildman–Crippen MR) is 198 cm³/mol. The number of amides is 3. The maximum Gasteiger partial charge on any atom is 0.408 e. The van der Waals surface area contributed by atoms with Crippen molar-refractivity contribution in [1.82, 2.24) is 20.3 Å². The number of nitrogens with zero attached hydrogens (tertiary/aromatic N) is 2. The molecule has 51 heavy (non-hydrogen) atoms. The smallest absolute Gasteiger partial charge is 0.408 e. The fraction of sp³-hybridized carbons (Fsp3) is 0.568. The summed E-state index contributed by atoms with van der Waals surface area (Å²) in [4.78, 5) is 44.7. The monoisotopic (exact) mass is 728 g/mol. The number of aryl methyl sites for hydroxylation is 1. The van der Waals surface area contributed by atoms with E-state index in [2.05, 4.69) is 20.3 Å². The van der Waals surface area contributed by atoms with Crippen molar-refractivity contribution in [1.29, 1.82) is 0 Å². The van der Waals surface area contributed by atoms with Crippen molar-refractivity contribution in [3.8, 4) is 5.75 Å². The van der Waals surface area contributed by atoms with Gasteiger partial charge in [-0.1, -0.05) is 30.3 Å². The molecule has 1 atom stereocenters. The number of likely N-dealkylation sites (N-methyl/N-ethyl adjacent to an activating group) is 1. The highest BCUT2D eigenvalue weighted by Crippen LogP contribution is 2.43. The summed E-state index contributed by atoms with van der Waals surface area (Å²) in [5.41, 5.74) is 8.70. The summed E-state index contributed by atoms with van der Waals surface area (Å²) in [5.74, 6) is -0.0264. The Morgan fingerprint density at radius 1 is 1.08 bits per heavy atom. The molecule has 0 aromatic heterocycles. The molecule has 0 bridgehead atoms. The molecule has 0 unspecified atom stereocenters. The van der Waals surface area contributed by atoms with Crippen LogP contribution in [0.3, 0.4) is 0 Å². The highest BCUT2D eigenvalue weighted by Gasteiger charge is 2.36. The average molecular weight is 729 g/mol. The Hall–Kier alpha value is -4.33. The van der Waals surface area contributed by atoms with Crippen molar-refractivity contribution in [2.24, 2.45) is 10.7 Å². The SMILES string of the molecule is CCN(CCNC(=O)[C@H](CCCN=C(N)NS(=O)(=O)c1c(C)c(C)c2c(c1C)CC(C)(C)O2)NC(=O)OC(C)(C)C)C(=O)CCc1ccccc1. The van der Waals surface area contributed by atoms with E-state index in [1.165, 1.54) is 0 Å². The molecule has 0 saturated carbocycles. The van der Waals surface area contributed by atoms with Gasteiger partial charge in [0.15, 0.2) is 0 Å². The lowest BCUT2D eigenvalue weighted by molar-refractivity contribution is -0.131. The minimum atomic E-state index is -4.07. The third-order valence-corrected chi connectivity index (χ3v) is 10.3. The van der Waals surface area contributed by atoms with Gasteiger partial charge in [-0.2, -0.15) is 0 Å². The summed E-state index contributed by atoms with van der Waals surface area (Å²) in [7, 11) is -4.07. The average Bonchev–Trinajstić information content (AvgIpc) is 3.37. The summed E-state index contributed by atoms with van der Waals surface area (Å²) >= 11 is 0. The maximum absolute atomic E-state index is 13.5. The summed E-state index contributed by atoms with van der Waals surface area (Å²) in [5, 5.41) is 5.44. The minimum Gasteiger partial charge on any atom is -0.487 e. The van der Waals surface area contributed by atoms with Crippen LogP contribution in [0.2, 0.25) is 0 Å². The second-order valence-corrected chi connectivity index (χ2v) is 16.1. The van der Waals surface area contributed by atoms with E-state index in [9.17, 15) is 22.8 Å². The Morgan fingerprint density at radius 3 is 2.37 bits per heavy atom. The van der Waals surface area contributed by atoms with Gasteiger partial charge in [-0.3, -0.25) is 14.6 Å². The van der Waals surface area contributed by atoms with Gasteiger partial charge in [0, 0.05) is 44.6 Å². The van der Waals surface area contributed by atoms with E-state index in [1.54, 1.807) is 39.5 Å². The zero-order valence-corrected chi connectivity index (χ0v) is 32.4. The minimum absolute atomic E-state index is 0.0142. The molecule has 0 fully saturated rings. The number of aliphatic imine (C=N–C) groups is 1. The second-order valence-electron chi connectivity index (χ2n) is 14.5. The van der Waals surface area contributed by atoms with E-state index in [0.717, 1.165) is 22.4 Å². The van der Waals surface area contributed by atoms with Crippen molar-refractivity contribution < 1.29 is 32.3 Å². The summed E-state index contributed by atoms with van der Waals surface area (Å²) in [6.07, 6.45) is 1.26. The van der Waals surface area contributed by atoms with Crippen molar-refractivity contribution in [3.05, 3.63) is 58.1 Å². The lowest BCUT2D eigenvalue weighted by atomic mass is 9.94. The highest BCUT2D eigenvalue weighted by atomic mass is 32.2. The zero-order chi connectivity index (χ0) is 38.1. The van der Waals surface area contributed by atoms with Gasteiger partial charge in [0.05, 0.1) is 4.90 Å². The molecular formula is C37H56N6O7S. The van der Waals surface area contributed by atoms with E-state index in [4.69, 9.17) is 15.2 Å². The van der Waals surface area contributed by atoms with Gasteiger partial charge in [0.2, 0.25) is 17.8 Å². The van der Waals surface area contributed by atoms with Crippen LogP contribution < -0.4 is 25.8 Å². The van der Waals surface area contributed by atoms with Crippen LogP contribution in [0.25, 0.3) is 0 Å². The number of rotatable bonds is 15. The van der Waals surface area contributed by atoms with Gasteiger partial charge in [0.25, 0.3) is 10.0 Å². The van der Waals surface area contributed by atoms with Gasteiger partial charge < -0.3 is 30.7 Å². The number of carbonyl (C=O) groups excluding carboxylic acids is 3. The van der Waals surface area contributed by atoms with Crippen LogP contribution in [0.5, 0.6) is 5.75 Å². The number of carbonyl (C=O) groups is 3. The number of benzene rings is 2. The van der Waals surface area contributed by atoms with Gasteiger partial charge in [-0.15, -0.1) is 0 Å². The summed E-state index contributed by atoms with van der Waals surface area (Å²) < 4.78 is 40.9. The van der Waals surface area contributed by atoms with Gasteiger partial charge in [-0.25, -0.2) is 17.9 Å². The predicted octanol–water partition coefficient (Wildman–Crippen LogP) is 4.19. The first kappa shape index (κ1) is 41.1. The normalized spacial score (nSPS) is 14.6. The molecule has 1 aliphatic heterocycles. The van der Waals surface area contributed by atoms with Gasteiger partial charge in [-0.05, 0) is 104 Å². The lowest BCUT2D eigenvalue weighted by Crippen LogP contribution is -2.49. The van der Waals surface area contributed by atoms with Crippen LogP contribution in [-0.2, 0) is 37.2 Å². The van der Waals surface area contributed by atoms with E-state index in [-0.39, 0.29) is 42.7 Å². The Labute approximate surface area is 303 Å². The van der Waals surface area contributed by atoms with E-state index < -0.39 is 39.3 Å². The number of guanidine groups is 1. The number of fused-ring (bicyclic) bond motifs is 1. The Kier molecular flexibility index (Phi) is 13.9. The first-order valence-electron chi connectivity index (χ1n) is 17.5. The molecule has 2 aromatic rings. The molecule has 0 radical (unpaired) electrons. The molecule has 282 valence electrons. The summed E-state index contributed by atoms with van der Waals surface area (Å²) in [6, 6.07) is 8.80. The molecule has 0 spiro atoms. The van der Waals surface area contributed by atoms with E-state index in [0.29, 0.717) is 43.5 Å². The van der Waals surface area contributed by atoms with Crippen molar-refractivity contribution in [3.63, 3.8) is 0 Å². The third kappa shape index (κ3) is 11.9. The first-order valence-corrected chi connectivity index (χ1v) is 19.0. The standard InChI is InChI=1S/C37H56N6O7S/c1-10-43(30(44)19-18-27-15-12-11-13-16-27)22-21-39-33(45)29(41-35(46)50-36(5,6)7)17-14-20-40-34(38)42-51(47,48)32-25(3)24(2)31-28(26(32)4)23-37(8,9)49-31/h11-13,15-16,29H,10,14,17-23H2,1-9H3,(H,39,45)(H,41,46)(H3,38,40,42)/t29-/m0/s1. The molecule has 0 aliphatic carbocycles. The Bertz CT molecular complexity index is 1700. The van der Waals surface area contributed by atoms with E-state index in [1.807, 2.05) is 58.0 Å². The number of nitrogens with one attached hydrogen (secondary N) is 3. The number of sulfonamides is 1. The van der Waals surface area contributed by atoms with Crippen LogP contribution in [0.1, 0.15) is 88.6 Å². The molecular weight excluding hydrogens is 673 g/mol. The van der Waals surface area contributed by atoms with Crippen LogP contribution in [0.15, 0.2) is 40.2 Å². The lowest BCUT2D eigenvalue weighted by Gasteiger charge is -2.24. The van der Waals surface area contributed by atoms with Crippen LogP contribution in [0, 0.1) is 20.8 Å². The third-order valence-electron chi connectivity index (χ3n) is 8.63. The molecule has 2 aromatic carbocycles. The summed E-state index contributed by atoms with van der Waals surface area (Å²) in [6.45, 7) is 17.4. The molecule has 1 aliphatic rings. The zero-order valence-electron chi connectivity index (χ0n) is 31.6. The molecule has 3 rings (SSSR count). The Balaban J connectivity index is 1.61. The molecule has 14 heteroatoms. The number of hydrogen-bond donors (Lipinski definition) is 4. The molecule has 0 saturated heterocycles. The van der Waals surface area contributed by atoms with Crippen LogP contribution in [0.4, 0.5) is 4.79 Å². The van der Waals surface area contributed by atoms with Gasteiger partial charge in [0.1, 0.15) is 23.0 Å². The second kappa shape index (κ2) is 17.3. The molecule has 13 nitrogen and oxygen atoms in total. The van der Waals surface area contributed by atoms with Gasteiger partial charge >= 0.3 is 6.09 Å². The topological polar surface area (TPSA) is 182 Å². The van der Waals surface area contributed by atoms with Crippen molar-refractivity contribution in [2.45, 2.75) is 117 Å². The Morgan fingerprint density at radius 2 is 1.75 bits per heavy atom. The fourth-order valence-electron chi connectivity index (χ4n) is 6.03. The fourth-order valence-corrected chi connectivity index (χ4v) is 7.56. The molecule has 1 heterocycles. The number of alkyl carbamates (subject to hydrolysis) is 1. The van der Waals surface area contributed by atoms with Crippen LogP contribution >= 0.6 is 0 Å². The molecule has 3 amide bonds. The van der Waals surface area contributed by atoms with Crippen LogP contribution in [-0.4, -0.2) is 80.6 Å². The van der Waals surface area contributed by atoms with Crippen molar-refractivity contribution in [2.75, 3.05) is 26.2 Å². The number of nitrogens with two attached hydrogens (primary N) is 1. The maximum atomic E-state index is 13.5. The number of ether oxygens (including phenoxy) is 2. The number of hydrogen-bond acceptors (Lipinski definition) is 8.